The smallest absolute Gasteiger partial charge is 0.122 e. The van der Waals surface area contributed by atoms with Gasteiger partial charge in [0.15, 0.2) is 0 Å². The minimum atomic E-state index is 0.232. The van der Waals surface area contributed by atoms with Gasteiger partial charge in [-0.15, -0.1) is 0 Å². The van der Waals surface area contributed by atoms with E-state index in [-0.39, 0.29) is 6.04 Å². The summed E-state index contributed by atoms with van der Waals surface area (Å²) < 4.78 is 13.4. The molecule has 1 aliphatic heterocycles. The molecule has 0 spiro atoms. The standard InChI is InChI=1S/C24H28N2O2/c1-18-7-9-20(10-8-18)24-23-6-4-11-25(23)12-5-13-26(24)17-19-14-21(27-2)16-22(15-19)28-3/h4,6-11,14-16,24H,5,12-13,17H2,1-3H3. The summed E-state index contributed by atoms with van der Waals surface area (Å²) in [6, 6.07) is 19.7. The molecule has 4 nitrogen and oxygen atoms in total. The quantitative estimate of drug-likeness (QED) is 0.639. The van der Waals surface area contributed by atoms with E-state index in [4.69, 9.17) is 9.47 Å². The van der Waals surface area contributed by atoms with Gasteiger partial charge >= 0.3 is 0 Å². The number of hydrogen-bond donors (Lipinski definition) is 0. The average molecular weight is 377 g/mol. The third-order valence-corrected chi connectivity index (χ3v) is 5.54. The highest BCUT2D eigenvalue weighted by atomic mass is 16.5. The first-order valence-electron chi connectivity index (χ1n) is 9.85. The van der Waals surface area contributed by atoms with Crippen molar-refractivity contribution in [3.05, 3.63) is 83.2 Å². The molecule has 0 saturated carbocycles. The van der Waals surface area contributed by atoms with E-state index in [1.165, 1.54) is 22.4 Å². The van der Waals surface area contributed by atoms with Gasteiger partial charge in [0.25, 0.3) is 0 Å². The van der Waals surface area contributed by atoms with Crippen molar-refractivity contribution in [3.63, 3.8) is 0 Å². The third kappa shape index (κ3) is 3.78. The van der Waals surface area contributed by atoms with E-state index in [0.717, 1.165) is 37.6 Å². The average Bonchev–Trinajstić information content (AvgIpc) is 3.10. The summed E-state index contributed by atoms with van der Waals surface area (Å²) >= 11 is 0. The highest BCUT2D eigenvalue weighted by Crippen LogP contribution is 2.34. The summed E-state index contributed by atoms with van der Waals surface area (Å²) in [6.07, 6.45) is 3.33. The lowest BCUT2D eigenvalue weighted by Crippen LogP contribution is -2.29. The zero-order valence-electron chi connectivity index (χ0n) is 16.9. The van der Waals surface area contributed by atoms with Crippen LogP contribution < -0.4 is 9.47 Å². The topological polar surface area (TPSA) is 26.6 Å². The molecular weight excluding hydrogens is 348 g/mol. The molecule has 0 aliphatic carbocycles. The Labute approximate surface area is 167 Å². The van der Waals surface area contributed by atoms with Crippen LogP contribution in [0.15, 0.2) is 60.8 Å². The van der Waals surface area contributed by atoms with Crippen LogP contribution in [0.5, 0.6) is 11.5 Å². The summed E-state index contributed by atoms with van der Waals surface area (Å²) in [6.45, 7) is 5.08. The Hall–Kier alpha value is -2.72. The molecular formula is C24H28N2O2. The van der Waals surface area contributed by atoms with Gasteiger partial charge in [0.05, 0.1) is 20.3 Å². The van der Waals surface area contributed by atoms with Gasteiger partial charge in [0.1, 0.15) is 11.5 Å². The van der Waals surface area contributed by atoms with Crippen LogP contribution in [0, 0.1) is 6.92 Å². The zero-order chi connectivity index (χ0) is 19.5. The minimum absolute atomic E-state index is 0.232. The molecule has 0 radical (unpaired) electrons. The second kappa shape index (κ2) is 8.11. The van der Waals surface area contributed by atoms with E-state index in [1.54, 1.807) is 14.2 Å². The van der Waals surface area contributed by atoms with Crippen molar-refractivity contribution in [1.82, 2.24) is 9.47 Å². The molecule has 146 valence electrons. The molecule has 4 heteroatoms. The molecule has 0 amide bonds. The number of hydrogen-bond acceptors (Lipinski definition) is 3. The van der Waals surface area contributed by atoms with E-state index in [2.05, 4.69) is 71.1 Å². The predicted molar refractivity (Wildman–Crippen MR) is 112 cm³/mol. The normalized spacial score (nSPS) is 17.0. The SMILES string of the molecule is COc1cc(CN2CCCn3cccc3C2c2ccc(C)cc2)cc(OC)c1. The summed E-state index contributed by atoms with van der Waals surface area (Å²) in [5.41, 5.74) is 5.18. The molecule has 4 rings (SSSR count). The van der Waals surface area contributed by atoms with Crippen molar-refractivity contribution in [2.75, 3.05) is 20.8 Å². The summed E-state index contributed by atoms with van der Waals surface area (Å²) in [5, 5.41) is 0. The first-order chi connectivity index (χ1) is 13.7. The number of aryl methyl sites for hydroxylation is 2. The van der Waals surface area contributed by atoms with Crippen molar-refractivity contribution >= 4 is 0 Å². The van der Waals surface area contributed by atoms with Gasteiger partial charge in [-0.1, -0.05) is 29.8 Å². The molecule has 2 heterocycles. The van der Waals surface area contributed by atoms with Crippen LogP contribution in [0.25, 0.3) is 0 Å². The number of rotatable bonds is 5. The molecule has 0 bridgehead atoms. The van der Waals surface area contributed by atoms with Crippen LogP contribution in [0.4, 0.5) is 0 Å². The van der Waals surface area contributed by atoms with Gasteiger partial charge in [-0.2, -0.15) is 0 Å². The third-order valence-electron chi connectivity index (χ3n) is 5.54. The monoisotopic (exact) mass is 376 g/mol. The maximum Gasteiger partial charge on any atom is 0.122 e. The number of benzene rings is 2. The fourth-order valence-corrected chi connectivity index (χ4v) is 4.13. The number of ether oxygens (including phenoxy) is 2. The van der Waals surface area contributed by atoms with Crippen LogP contribution in [0.3, 0.4) is 0 Å². The second-order valence-corrected chi connectivity index (χ2v) is 7.48. The van der Waals surface area contributed by atoms with Gasteiger partial charge in [-0.05, 0) is 48.7 Å². The van der Waals surface area contributed by atoms with Crippen molar-refractivity contribution in [2.24, 2.45) is 0 Å². The van der Waals surface area contributed by atoms with Crippen LogP contribution in [-0.4, -0.2) is 30.2 Å². The van der Waals surface area contributed by atoms with Gasteiger partial charge < -0.3 is 14.0 Å². The van der Waals surface area contributed by atoms with E-state index in [9.17, 15) is 0 Å². The molecule has 28 heavy (non-hydrogen) atoms. The van der Waals surface area contributed by atoms with E-state index >= 15 is 0 Å². The molecule has 0 N–H and O–H groups in total. The molecule has 1 atom stereocenters. The maximum absolute atomic E-state index is 5.48. The van der Waals surface area contributed by atoms with Gasteiger partial charge in [0, 0.05) is 37.6 Å². The van der Waals surface area contributed by atoms with Crippen LogP contribution in [0.1, 0.15) is 34.8 Å². The van der Waals surface area contributed by atoms with Crippen molar-refractivity contribution in [2.45, 2.75) is 32.5 Å². The first-order valence-corrected chi connectivity index (χ1v) is 9.85. The van der Waals surface area contributed by atoms with E-state index in [1.807, 2.05) is 6.07 Å². The van der Waals surface area contributed by atoms with E-state index < -0.39 is 0 Å². The Bertz CT molecular complexity index is 908. The summed E-state index contributed by atoms with van der Waals surface area (Å²) in [7, 11) is 3.40. The second-order valence-electron chi connectivity index (χ2n) is 7.48. The molecule has 0 fully saturated rings. The first kappa shape index (κ1) is 18.6. The van der Waals surface area contributed by atoms with Crippen LogP contribution >= 0.6 is 0 Å². The van der Waals surface area contributed by atoms with Crippen molar-refractivity contribution < 1.29 is 9.47 Å². The Morgan fingerprint density at radius 2 is 1.64 bits per heavy atom. The minimum Gasteiger partial charge on any atom is -0.497 e. The Morgan fingerprint density at radius 1 is 0.929 bits per heavy atom. The van der Waals surface area contributed by atoms with Crippen LogP contribution in [0.2, 0.25) is 0 Å². The molecule has 1 aliphatic rings. The highest BCUT2D eigenvalue weighted by molar-refractivity contribution is 5.39. The lowest BCUT2D eigenvalue weighted by molar-refractivity contribution is 0.220. The number of nitrogens with zero attached hydrogens (tertiary/aromatic N) is 2. The van der Waals surface area contributed by atoms with Crippen molar-refractivity contribution in [3.8, 4) is 11.5 Å². The summed E-state index contributed by atoms with van der Waals surface area (Å²) in [5.74, 6) is 1.67. The van der Waals surface area contributed by atoms with Gasteiger partial charge in [0.2, 0.25) is 0 Å². The number of aromatic nitrogens is 1. The van der Waals surface area contributed by atoms with Gasteiger partial charge in [-0.25, -0.2) is 0 Å². The lowest BCUT2D eigenvalue weighted by Gasteiger charge is -2.31. The Morgan fingerprint density at radius 3 is 2.32 bits per heavy atom. The molecule has 1 aromatic heterocycles. The maximum atomic E-state index is 5.48. The van der Waals surface area contributed by atoms with E-state index in [0.29, 0.717) is 0 Å². The number of fused-ring (bicyclic) bond motifs is 1. The molecule has 1 unspecified atom stereocenters. The number of methoxy groups -OCH3 is 2. The largest absolute Gasteiger partial charge is 0.497 e. The fourth-order valence-electron chi connectivity index (χ4n) is 4.13. The zero-order valence-corrected chi connectivity index (χ0v) is 16.9. The van der Waals surface area contributed by atoms with Crippen LogP contribution in [-0.2, 0) is 13.1 Å². The Balaban J connectivity index is 1.72. The highest BCUT2D eigenvalue weighted by Gasteiger charge is 2.27. The predicted octanol–water partition coefficient (Wildman–Crippen LogP) is 4.81. The van der Waals surface area contributed by atoms with Gasteiger partial charge in [-0.3, -0.25) is 4.90 Å². The summed E-state index contributed by atoms with van der Waals surface area (Å²) in [4.78, 5) is 2.57. The fraction of sp³-hybridized carbons (Fsp3) is 0.333. The Kier molecular flexibility index (Phi) is 5.40. The molecule has 0 saturated heterocycles. The van der Waals surface area contributed by atoms with Crippen molar-refractivity contribution in [1.29, 1.82) is 0 Å². The molecule has 2 aromatic carbocycles. The molecule has 3 aromatic rings. The lowest BCUT2D eigenvalue weighted by atomic mass is 10.00.